The maximum atomic E-state index is 2.41. The Balaban J connectivity index is 0.993. The summed E-state index contributed by atoms with van der Waals surface area (Å²) in [5, 5.41) is 4.99. The molecule has 0 N–H and O–H groups in total. The molecule has 12 aromatic rings. The molecule has 0 fully saturated rings. The van der Waals surface area contributed by atoms with Crippen LogP contribution < -0.4 is 4.90 Å². The normalized spacial score (nSPS) is 11.2. The molecular formula is C68H47N. The molecule has 324 valence electrons. The number of anilines is 3. The van der Waals surface area contributed by atoms with E-state index in [4.69, 9.17) is 0 Å². The summed E-state index contributed by atoms with van der Waals surface area (Å²) in [5.41, 5.74) is 20.0. The molecule has 0 unspecified atom stereocenters. The van der Waals surface area contributed by atoms with Crippen LogP contribution in [0, 0.1) is 0 Å². The highest BCUT2D eigenvalue weighted by Gasteiger charge is 2.20. The van der Waals surface area contributed by atoms with Crippen molar-refractivity contribution in [3.63, 3.8) is 0 Å². The largest absolute Gasteiger partial charge is 0.310 e. The first-order valence-electron chi connectivity index (χ1n) is 23.7. The van der Waals surface area contributed by atoms with E-state index in [9.17, 15) is 0 Å². The number of hydrogen-bond acceptors (Lipinski definition) is 1. The van der Waals surface area contributed by atoms with Crippen molar-refractivity contribution < 1.29 is 0 Å². The summed E-state index contributed by atoms with van der Waals surface area (Å²) in [4.78, 5) is 2.39. The highest BCUT2D eigenvalue weighted by Crippen LogP contribution is 2.46. The van der Waals surface area contributed by atoms with Crippen LogP contribution in [-0.4, -0.2) is 0 Å². The van der Waals surface area contributed by atoms with Crippen molar-refractivity contribution in [1.82, 2.24) is 0 Å². The van der Waals surface area contributed by atoms with Gasteiger partial charge in [0.15, 0.2) is 0 Å². The van der Waals surface area contributed by atoms with Gasteiger partial charge >= 0.3 is 0 Å². The van der Waals surface area contributed by atoms with Crippen LogP contribution in [0.5, 0.6) is 0 Å². The van der Waals surface area contributed by atoms with Gasteiger partial charge in [-0.05, 0) is 148 Å². The summed E-state index contributed by atoms with van der Waals surface area (Å²) < 4.78 is 0. The Morgan fingerprint density at radius 2 is 0.551 bits per heavy atom. The van der Waals surface area contributed by atoms with Gasteiger partial charge in [-0.3, -0.25) is 0 Å². The quantitative estimate of drug-likeness (QED) is 0.124. The first-order valence-corrected chi connectivity index (χ1v) is 23.7. The van der Waals surface area contributed by atoms with Crippen LogP contribution in [0.1, 0.15) is 0 Å². The molecule has 0 heterocycles. The summed E-state index contributed by atoms with van der Waals surface area (Å²) in [7, 11) is 0. The first kappa shape index (κ1) is 41.4. The van der Waals surface area contributed by atoms with Crippen LogP contribution in [0.4, 0.5) is 17.1 Å². The Labute approximate surface area is 404 Å². The van der Waals surface area contributed by atoms with E-state index in [2.05, 4.69) is 290 Å². The SMILES string of the molecule is c1ccc(-c2ccc(N(c3ccc(-c4ccc(-c5ccccc5)cc4-c4ccccc4)cc3)c3cccc(-c4ccc5c(c4)c(-c4ccccc4)c(-c4ccccc4)c4ccccc45)c3)cc2)cc1. The summed E-state index contributed by atoms with van der Waals surface area (Å²) in [6.07, 6.45) is 0. The fourth-order valence-electron chi connectivity index (χ4n) is 10.1. The van der Waals surface area contributed by atoms with Crippen LogP contribution in [0.3, 0.4) is 0 Å². The Morgan fingerprint density at radius 3 is 1.14 bits per heavy atom. The molecule has 0 bridgehead atoms. The minimum atomic E-state index is 1.08. The van der Waals surface area contributed by atoms with Gasteiger partial charge in [-0.15, -0.1) is 0 Å². The van der Waals surface area contributed by atoms with Gasteiger partial charge in [-0.25, -0.2) is 0 Å². The maximum Gasteiger partial charge on any atom is 0.0467 e. The van der Waals surface area contributed by atoms with Gasteiger partial charge < -0.3 is 4.90 Å². The van der Waals surface area contributed by atoms with Crippen molar-refractivity contribution >= 4 is 38.6 Å². The van der Waals surface area contributed by atoms with E-state index in [1.54, 1.807) is 0 Å². The highest BCUT2D eigenvalue weighted by molar-refractivity contribution is 6.22. The number of nitrogens with zero attached hydrogens (tertiary/aromatic N) is 1. The van der Waals surface area contributed by atoms with Gasteiger partial charge in [-0.2, -0.15) is 0 Å². The lowest BCUT2D eigenvalue weighted by molar-refractivity contribution is 1.28. The molecule has 0 aromatic heterocycles. The third-order valence-electron chi connectivity index (χ3n) is 13.5. The Kier molecular flexibility index (Phi) is 11.0. The average molecular weight is 878 g/mol. The highest BCUT2D eigenvalue weighted by atomic mass is 15.1. The summed E-state index contributed by atoms with van der Waals surface area (Å²) in [5.74, 6) is 0. The molecule has 1 heteroatoms. The molecule has 0 aliphatic carbocycles. The maximum absolute atomic E-state index is 2.41. The summed E-state index contributed by atoms with van der Waals surface area (Å²) >= 11 is 0. The van der Waals surface area contributed by atoms with Crippen LogP contribution >= 0.6 is 0 Å². The second kappa shape index (κ2) is 18.3. The predicted octanol–water partition coefficient (Wildman–Crippen LogP) is 19.1. The lowest BCUT2D eigenvalue weighted by Crippen LogP contribution is -2.10. The minimum Gasteiger partial charge on any atom is -0.310 e. The van der Waals surface area contributed by atoms with E-state index in [0.717, 1.165) is 33.8 Å². The van der Waals surface area contributed by atoms with Crippen LogP contribution in [-0.2, 0) is 0 Å². The Morgan fingerprint density at radius 1 is 0.174 bits per heavy atom. The second-order valence-corrected chi connectivity index (χ2v) is 17.6. The topological polar surface area (TPSA) is 3.24 Å². The van der Waals surface area contributed by atoms with Gasteiger partial charge in [0.1, 0.15) is 0 Å². The van der Waals surface area contributed by atoms with E-state index >= 15 is 0 Å². The van der Waals surface area contributed by atoms with Crippen molar-refractivity contribution in [1.29, 1.82) is 0 Å². The second-order valence-electron chi connectivity index (χ2n) is 17.6. The molecule has 1 nitrogen and oxygen atoms in total. The third-order valence-corrected chi connectivity index (χ3v) is 13.5. The molecule has 12 rings (SSSR count). The zero-order valence-electron chi connectivity index (χ0n) is 38.1. The predicted molar refractivity (Wildman–Crippen MR) is 294 cm³/mol. The average Bonchev–Trinajstić information content (AvgIpc) is 3.44. The fraction of sp³-hybridized carbons (Fsp3) is 0. The third kappa shape index (κ3) is 8.07. The zero-order valence-corrected chi connectivity index (χ0v) is 38.1. The number of rotatable bonds is 10. The molecule has 0 spiro atoms. The zero-order chi connectivity index (χ0) is 45.9. The van der Waals surface area contributed by atoms with Crippen molar-refractivity contribution in [3.8, 4) is 77.9 Å². The molecule has 0 aliphatic rings. The van der Waals surface area contributed by atoms with Gasteiger partial charge in [0, 0.05) is 17.1 Å². The van der Waals surface area contributed by atoms with Crippen molar-refractivity contribution in [2.24, 2.45) is 0 Å². The van der Waals surface area contributed by atoms with E-state index < -0.39 is 0 Å². The first-order chi connectivity index (χ1) is 34.2. The molecule has 12 aromatic carbocycles. The van der Waals surface area contributed by atoms with Crippen LogP contribution in [0.2, 0.25) is 0 Å². The summed E-state index contributed by atoms with van der Waals surface area (Å²) in [6.45, 7) is 0. The Hall–Kier alpha value is -9.04. The number of benzene rings is 12. The summed E-state index contributed by atoms with van der Waals surface area (Å²) in [6, 6.07) is 104. The van der Waals surface area contributed by atoms with E-state index in [-0.39, 0.29) is 0 Å². The smallest absolute Gasteiger partial charge is 0.0467 e. The van der Waals surface area contributed by atoms with Crippen molar-refractivity contribution in [2.45, 2.75) is 0 Å². The number of hydrogen-bond donors (Lipinski definition) is 0. The van der Waals surface area contributed by atoms with Crippen molar-refractivity contribution in [3.05, 3.63) is 285 Å². The van der Waals surface area contributed by atoms with Gasteiger partial charge in [0.2, 0.25) is 0 Å². The molecule has 0 atom stereocenters. The van der Waals surface area contributed by atoms with Crippen LogP contribution in [0.25, 0.3) is 99.4 Å². The fourth-order valence-corrected chi connectivity index (χ4v) is 10.1. The van der Waals surface area contributed by atoms with E-state index in [0.29, 0.717) is 0 Å². The molecule has 0 saturated carbocycles. The minimum absolute atomic E-state index is 1.08. The Bertz CT molecular complexity index is 3720. The van der Waals surface area contributed by atoms with Crippen molar-refractivity contribution in [2.75, 3.05) is 4.90 Å². The van der Waals surface area contributed by atoms with E-state index in [1.807, 2.05) is 0 Å². The lowest BCUT2D eigenvalue weighted by atomic mass is 9.84. The molecule has 0 aliphatic heterocycles. The van der Waals surface area contributed by atoms with Gasteiger partial charge in [0.05, 0.1) is 0 Å². The lowest BCUT2D eigenvalue weighted by Gasteiger charge is -2.27. The van der Waals surface area contributed by atoms with Gasteiger partial charge in [-0.1, -0.05) is 237 Å². The standard InChI is InChI=1S/C68H47N/c1-6-19-48(20-7-1)50-33-39-58(40-34-50)69(59-41-35-52(36-42-59)61-43-37-56(49-21-8-2-9-22-49)46-65(61)51-23-10-3-11-24-51)60-30-18-29-55(45-60)57-38-44-63-62-31-16-17-32-64(62)67(53-25-12-4-13-26-53)68(66(63)47-57)54-27-14-5-15-28-54/h1-47H. The molecule has 0 saturated heterocycles. The molecule has 0 radical (unpaired) electrons. The van der Waals surface area contributed by atoms with E-state index in [1.165, 1.54) is 82.7 Å². The van der Waals surface area contributed by atoms with Crippen LogP contribution in [0.15, 0.2) is 285 Å². The van der Waals surface area contributed by atoms with Gasteiger partial charge in [0.25, 0.3) is 0 Å². The monoisotopic (exact) mass is 877 g/mol. The molecule has 69 heavy (non-hydrogen) atoms. The molecular weight excluding hydrogens is 831 g/mol. The molecule has 0 amide bonds. The number of fused-ring (bicyclic) bond motifs is 3.